The van der Waals surface area contributed by atoms with Gasteiger partial charge < -0.3 is 10.4 Å². The van der Waals surface area contributed by atoms with Gasteiger partial charge in [-0.1, -0.05) is 28.1 Å². The summed E-state index contributed by atoms with van der Waals surface area (Å²) in [5.74, 6) is -1.99. The Balaban J connectivity index is 2.55. The number of rotatable bonds is 4. The van der Waals surface area contributed by atoms with Gasteiger partial charge in [0.1, 0.15) is 0 Å². The molecule has 2 N–H and O–H groups in total. The predicted octanol–water partition coefficient (Wildman–Crippen LogP) is 2.86. The highest BCUT2D eigenvalue weighted by Crippen LogP contribution is 2.26. The molecule has 0 heterocycles. The number of benzene rings is 1. The van der Waals surface area contributed by atoms with E-state index in [2.05, 4.69) is 15.9 Å². The van der Waals surface area contributed by atoms with Crippen molar-refractivity contribution in [2.75, 3.05) is 6.54 Å². The minimum absolute atomic E-state index is 0.0130. The lowest BCUT2D eigenvalue weighted by Crippen LogP contribution is -2.37. The van der Waals surface area contributed by atoms with Crippen LogP contribution in [0.25, 0.3) is 0 Å². The zero-order chi connectivity index (χ0) is 14.6. The van der Waals surface area contributed by atoms with Crippen molar-refractivity contribution in [1.82, 2.24) is 5.32 Å². The zero-order valence-electron chi connectivity index (χ0n) is 10.1. The number of carbonyl (C=O) groups excluding carboxylic acids is 1. The normalized spacial score (nSPS) is 13.2. The van der Waals surface area contributed by atoms with Gasteiger partial charge in [-0.2, -0.15) is 13.2 Å². The van der Waals surface area contributed by atoms with Crippen LogP contribution in [0.3, 0.4) is 0 Å². The molecule has 1 aromatic rings. The van der Waals surface area contributed by atoms with Crippen LogP contribution in [0.15, 0.2) is 22.7 Å². The summed E-state index contributed by atoms with van der Waals surface area (Å²) < 4.78 is 36.6. The van der Waals surface area contributed by atoms with Crippen molar-refractivity contribution in [3.8, 4) is 0 Å². The maximum Gasteiger partial charge on any atom is 0.471 e. The molecular weight excluding hydrogens is 327 g/mol. The summed E-state index contributed by atoms with van der Waals surface area (Å²) in [7, 11) is 0. The second-order valence-corrected chi connectivity index (χ2v) is 4.87. The second kappa shape index (κ2) is 6.38. The van der Waals surface area contributed by atoms with Crippen LogP contribution in [-0.4, -0.2) is 23.7 Å². The van der Waals surface area contributed by atoms with Crippen molar-refractivity contribution >= 4 is 21.8 Å². The number of hydrogen-bond donors (Lipinski definition) is 2. The van der Waals surface area contributed by atoms with Gasteiger partial charge in [0, 0.05) is 11.0 Å². The third-order valence-corrected chi connectivity index (χ3v) is 3.49. The summed E-state index contributed by atoms with van der Waals surface area (Å²) in [6.07, 6.45) is -5.80. The summed E-state index contributed by atoms with van der Waals surface area (Å²) in [5.41, 5.74) is 1.44. The topological polar surface area (TPSA) is 49.3 Å². The van der Waals surface area contributed by atoms with Gasteiger partial charge in [0.05, 0.1) is 6.10 Å². The third-order valence-electron chi connectivity index (χ3n) is 2.63. The second-order valence-electron chi connectivity index (χ2n) is 4.01. The largest absolute Gasteiger partial charge is 0.471 e. The van der Waals surface area contributed by atoms with Crippen LogP contribution in [0.2, 0.25) is 0 Å². The summed E-state index contributed by atoms with van der Waals surface area (Å²) in [5, 5.41) is 11.6. The van der Waals surface area contributed by atoms with Crippen molar-refractivity contribution in [3.05, 3.63) is 33.8 Å². The monoisotopic (exact) mass is 339 g/mol. The lowest BCUT2D eigenvalue weighted by molar-refractivity contribution is -0.173. The lowest BCUT2D eigenvalue weighted by atomic mass is 10.0. The van der Waals surface area contributed by atoms with Gasteiger partial charge in [-0.15, -0.1) is 0 Å². The highest BCUT2D eigenvalue weighted by molar-refractivity contribution is 9.10. The summed E-state index contributed by atoms with van der Waals surface area (Å²) in [6, 6.07) is 5.22. The first-order valence-electron chi connectivity index (χ1n) is 5.51. The van der Waals surface area contributed by atoms with Crippen LogP contribution in [0.5, 0.6) is 0 Å². The molecule has 0 saturated heterocycles. The van der Waals surface area contributed by atoms with E-state index < -0.39 is 18.2 Å². The molecule has 0 aliphatic heterocycles. The van der Waals surface area contributed by atoms with E-state index >= 15 is 0 Å². The Hall–Kier alpha value is -1.08. The first-order chi connectivity index (χ1) is 8.73. The zero-order valence-corrected chi connectivity index (χ0v) is 11.7. The van der Waals surface area contributed by atoms with Gasteiger partial charge in [0.15, 0.2) is 0 Å². The van der Waals surface area contributed by atoms with E-state index in [1.54, 1.807) is 30.4 Å². The van der Waals surface area contributed by atoms with E-state index in [0.29, 0.717) is 5.56 Å². The van der Waals surface area contributed by atoms with E-state index in [-0.39, 0.29) is 13.0 Å². The molecule has 1 aromatic carbocycles. The fourth-order valence-corrected chi connectivity index (χ4v) is 1.94. The van der Waals surface area contributed by atoms with Crippen LogP contribution in [-0.2, 0) is 4.79 Å². The van der Waals surface area contributed by atoms with Crippen LogP contribution >= 0.6 is 15.9 Å². The third kappa shape index (κ3) is 4.50. The van der Waals surface area contributed by atoms with Crippen molar-refractivity contribution < 1.29 is 23.1 Å². The summed E-state index contributed by atoms with van der Waals surface area (Å²) >= 11 is 3.30. The molecule has 0 aromatic heterocycles. The van der Waals surface area contributed by atoms with E-state index in [0.717, 1.165) is 10.0 Å². The maximum absolute atomic E-state index is 11.9. The van der Waals surface area contributed by atoms with Gasteiger partial charge in [-0.25, -0.2) is 0 Å². The van der Waals surface area contributed by atoms with Crippen LogP contribution < -0.4 is 5.32 Å². The molecule has 0 saturated carbocycles. The average Bonchev–Trinajstić information content (AvgIpc) is 2.31. The molecule has 106 valence electrons. The van der Waals surface area contributed by atoms with E-state index in [1.165, 1.54) is 0 Å². The minimum Gasteiger partial charge on any atom is -0.388 e. The van der Waals surface area contributed by atoms with E-state index in [9.17, 15) is 23.1 Å². The smallest absolute Gasteiger partial charge is 0.388 e. The van der Waals surface area contributed by atoms with Gasteiger partial charge in [0.2, 0.25) is 0 Å². The Morgan fingerprint density at radius 2 is 2.11 bits per heavy atom. The molecule has 1 atom stereocenters. The molecule has 0 bridgehead atoms. The van der Waals surface area contributed by atoms with Gasteiger partial charge >= 0.3 is 12.1 Å². The maximum atomic E-state index is 11.9. The molecule has 19 heavy (non-hydrogen) atoms. The Kier molecular flexibility index (Phi) is 5.37. The Morgan fingerprint density at radius 3 is 2.68 bits per heavy atom. The SMILES string of the molecule is Cc1c(Br)cccc1C(O)CCNC(=O)C(F)(F)F. The molecule has 0 aliphatic rings. The van der Waals surface area contributed by atoms with Crippen LogP contribution in [0, 0.1) is 6.92 Å². The average molecular weight is 340 g/mol. The molecule has 0 spiro atoms. The van der Waals surface area contributed by atoms with Gasteiger partial charge in [0.25, 0.3) is 0 Å². The van der Waals surface area contributed by atoms with Crippen molar-refractivity contribution in [1.29, 1.82) is 0 Å². The fourth-order valence-electron chi connectivity index (χ4n) is 1.56. The van der Waals surface area contributed by atoms with Gasteiger partial charge in [-0.05, 0) is 30.5 Å². The highest BCUT2D eigenvalue weighted by atomic mass is 79.9. The Bertz CT molecular complexity index is 463. The molecule has 1 rings (SSSR count). The molecule has 0 aliphatic carbocycles. The first-order valence-corrected chi connectivity index (χ1v) is 6.31. The molecule has 0 radical (unpaired) electrons. The first kappa shape index (κ1) is 16.0. The number of halogens is 4. The minimum atomic E-state index is -4.89. The number of aliphatic hydroxyl groups is 1. The lowest BCUT2D eigenvalue weighted by Gasteiger charge is -2.15. The molecule has 1 unspecified atom stereocenters. The Labute approximate surface area is 116 Å². The van der Waals surface area contributed by atoms with Gasteiger partial charge in [-0.3, -0.25) is 4.79 Å². The van der Waals surface area contributed by atoms with Crippen molar-refractivity contribution in [2.45, 2.75) is 25.6 Å². The van der Waals surface area contributed by atoms with Crippen molar-refractivity contribution in [3.63, 3.8) is 0 Å². The number of nitrogens with one attached hydrogen (secondary N) is 1. The number of amides is 1. The molecule has 7 heteroatoms. The molecule has 3 nitrogen and oxygen atoms in total. The number of alkyl halides is 3. The fraction of sp³-hybridized carbons (Fsp3) is 0.417. The molecular formula is C12H13BrF3NO2. The molecule has 0 fully saturated rings. The highest BCUT2D eigenvalue weighted by Gasteiger charge is 2.38. The van der Waals surface area contributed by atoms with Crippen LogP contribution in [0.4, 0.5) is 13.2 Å². The van der Waals surface area contributed by atoms with Crippen LogP contribution in [0.1, 0.15) is 23.7 Å². The number of carbonyl (C=O) groups is 1. The standard InChI is InChI=1S/C12H13BrF3NO2/c1-7-8(3-2-4-9(7)13)10(18)5-6-17-11(19)12(14,15)16/h2-4,10,18H,5-6H2,1H3,(H,17,19). The predicted molar refractivity (Wildman–Crippen MR) is 67.5 cm³/mol. The molecule has 1 amide bonds. The quantitative estimate of drug-likeness (QED) is 0.886. The summed E-state index contributed by atoms with van der Waals surface area (Å²) in [4.78, 5) is 10.6. The Morgan fingerprint density at radius 1 is 1.47 bits per heavy atom. The van der Waals surface area contributed by atoms with E-state index in [4.69, 9.17) is 0 Å². The number of hydrogen-bond acceptors (Lipinski definition) is 2. The van der Waals surface area contributed by atoms with Crippen molar-refractivity contribution in [2.24, 2.45) is 0 Å². The van der Waals surface area contributed by atoms with E-state index in [1.807, 2.05) is 0 Å². The summed E-state index contributed by atoms with van der Waals surface area (Å²) in [6.45, 7) is 1.54. The number of aliphatic hydroxyl groups excluding tert-OH is 1.